The number of nitrogens with one attached hydrogen (secondary N) is 2. The summed E-state index contributed by atoms with van der Waals surface area (Å²) in [4.78, 5) is 11.6. The van der Waals surface area contributed by atoms with Crippen molar-refractivity contribution in [1.29, 1.82) is 0 Å². The van der Waals surface area contributed by atoms with Crippen molar-refractivity contribution in [3.05, 3.63) is 11.6 Å². The molecule has 1 aliphatic rings. The Morgan fingerprint density at radius 2 is 2.38 bits per heavy atom. The molecule has 1 rings (SSSR count). The van der Waals surface area contributed by atoms with Gasteiger partial charge in [-0.1, -0.05) is 13.0 Å². The standard InChI is InChI=1S/C13H24N2O/c1-3-5-11(2)13(16)15-9-7-12-6-4-8-14-10-12/h5,12,14H,3-4,6-10H2,1-2H3,(H,15,16)/b11-5+/t12-/m0/s1. The molecule has 1 fully saturated rings. The van der Waals surface area contributed by atoms with Crippen LogP contribution in [0.1, 0.15) is 39.5 Å². The van der Waals surface area contributed by atoms with E-state index in [1.54, 1.807) is 0 Å². The highest BCUT2D eigenvalue weighted by Gasteiger charge is 2.12. The van der Waals surface area contributed by atoms with Crippen LogP contribution in [0, 0.1) is 5.92 Å². The van der Waals surface area contributed by atoms with E-state index >= 15 is 0 Å². The summed E-state index contributed by atoms with van der Waals surface area (Å²) >= 11 is 0. The van der Waals surface area contributed by atoms with Crippen LogP contribution in [-0.2, 0) is 4.79 Å². The first-order valence-corrected chi connectivity index (χ1v) is 6.39. The Kier molecular flexibility index (Phi) is 6.16. The van der Waals surface area contributed by atoms with Gasteiger partial charge in [-0.3, -0.25) is 4.79 Å². The van der Waals surface area contributed by atoms with Gasteiger partial charge in [-0.05, 0) is 51.6 Å². The smallest absolute Gasteiger partial charge is 0.246 e. The first-order valence-electron chi connectivity index (χ1n) is 6.39. The molecule has 0 spiro atoms. The zero-order chi connectivity index (χ0) is 11.8. The summed E-state index contributed by atoms with van der Waals surface area (Å²) in [5, 5.41) is 6.37. The first kappa shape index (κ1) is 13.2. The topological polar surface area (TPSA) is 41.1 Å². The Labute approximate surface area is 98.7 Å². The van der Waals surface area contributed by atoms with E-state index < -0.39 is 0 Å². The summed E-state index contributed by atoms with van der Waals surface area (Å²) in [6.07, 6.45) is 6.56. The fourth-order valence-electron chi connectivity index (χ4n) is 2.10. The Balaban J connectivity index is 2.14. The molecule has 1 amide bonds. The molecule has 1 aliphatic heterocycles. The SMILES string of the molecule is CC/C=C(\C)C(=O)NCC[C@@H]1CCCNC1. The van der Waals surface area contributed by atoms with E-state index in [2.05, 4.69) is 10.6 Å². The van der Waals surface area contributed by atoms with Gasteiger partial charge in [-0.15, -0.1) is 0 Å². The molecule has 3 nitrogen and oxygen atoms in total. The molecule has 0 aromatic carbocycles. The molecule has 2 N–H and O–H groups in total. The van der Waals surface area contributed by atoms with E-state index in [0.29, 0.717) is 0 Å². The van der Waals surface area contributed by atoms with Crippen molar-refractivity contribution in [3.8, 4) is 0 Å². The van der Waals surface area contributed by atoms with Crippen LogP contribution >= 0.6 is 0 Å². The van der Waals surface area contributed by atoms with Crippen LogP contribution in [0.3, 0.4) is 0 Å². The van der Waals surface area contributed by atoms with E-state index in [-0.39, 0.29) is 5.91 Å². The summed E-state index contributed by atoms with van der Waals surface area (Å²) in [6.45, 7) is 6.99. The molecule has 1 saturated heterocycles. The number of carbonyl (C=O) groups excluding carboxylic acids is 1. The number of carbonyl (C=O) groups is 1. The minimum Gasteiger partial charge on any atom is -0.352 e. The first-order chi connectivity index (χ1) is 7.74. The molecule has 1 atom stereocenters. The number of hydrogen-bond acceptors (Lipinski definition) is 2. The van der Waals surface area contributed by atoms with E-state index in [4.69, 9.17) is 0 Å². The second-order valence-corrected chi connectivity index (χ2v) is 4.55. The van der Waals surface area contributed by atoms with Gasteiger partial charge in [0.15, 0.2) is 0 Å². The van der Waals surface area contributed by atoms with E-state index in [9.17, 15) is 4.79 Å². The number of hydrogen-bond donors (Lipinski definition) is 2. The molecular weight excluding hydrogens is 200 g/mol. The van der Waals surface area contributed by atoms with Gasteiger partial charge in [0.2, 0.25) is 5.91 Å². The van der Waals surface area contributed by atoms with Gasteiger partial charge in [0.25, 0.3) is 0 Å². The Morgan fingerprint density at radius 3 is 3.00 bits per heavy atom. The van der Waals surface area contributed by atoms with E-state index in [1.165, 1.54) is 12.8 Å². The predicted molar refractivity (Wildman–Crippen MR) is 67.3 cm³/mol. The van der Waals surface area contributed by atoms with Gasteiger partial charge in [0.05, 0.1) is 0 Å². The van der Waals surface area contributed by atoms with Crippen LogP contribution in [0.4, 0.5) is 0 Å². The summed E-state index contributed by atoms with van der Waals surface area (Å²) in [7, 11) is 0. The van der Waals surface area contributed by atoms with Crippen molar-refractivity contribution in [2.24, 2.45) is 5.92 Å². The lowest BCUT2D eigenvalue weighted by Crippen LogP contribution is -2.33. The molecule has 0 aliphatic carbocycles. The van der Waals surface area contributed by atoms with Crippen molar-refractivity contribution in [1.82, 2.24) is 10.6 Å². The summed E-state index contributed by atoms with van der Waals surface area (Å²) in [5.41, 5.74) is 0.837. The fraction of sp³-hybridized carbons (Fsp3) is 0.769. The van der Waals surface area contributed by atoms with Gasteiger partial charge < -0.3 is 10.6 Å². The normalized spacial score (nSPS) is 21.9. The van der Waals surface area contributed by atoms with Crippen LogP contribution in [0.2, 0.25) is 0 Å². The highest BCUT2D eigenvalue weighted by Crippen LogP contribution is 2.12. The molecule has 0 aromatic heterocycles. The number of piperidine rings is 1. The zero-order valence-corrected chi connectivity index (χ0v) is 10.5. The third-order valence-electron chi connectivity index (χ3n) is 3.11. The van der Waals surface area contributed by atoms with Crippen LogP contribution in [0.5, 0.6) is 0 Å². The molecule has 0 unspecified atom stereocenters. The quantitative estimate of drug-likeness (QED) is 0.700. The summed E-state index contributed by atoms with van der Waals surface area (Å²) < 4.78 is 0. The third-order valence-corrected chi connectivity index (χ3v) is 3.11. The maximum absolute atomic E-state index is 11.6. The van der Waals surface area contributed by atoms with Crippen LogP contribution in [0.15, 0.2) is 11.6 Å². The van der Waals surface area contributed by atoms with Gasteiger partial charge in [-0.25, -0.2) is 0 Å². The molecule has 0 bridgehead atoms. The van der Waals surface area contributed by atoms with Gasteiger partial charge in [0.1, 0.15) is 0 Å². The molecule has 0 aromatic rings. The number of rotatable bonds is 5. The fourth-order valence-corrected chi connectivity index (χ4v) is 2.10. The molecule has 16 heavy (non-hydrogen) atoms. The summed E-state index contributed by atoms with van der Waals surface area (Å²) in [5.74, 6) is 0.829. The van der Waals surface area contributed by atoms with Gasteiger partial charge >= 0.3 is 0 Å². The third kappa shape index (κ3) is 4.79. The van der Waals surface area contributed by atoms with Crippen LogP contribution < -0.4 is 10.6 Å². The Morgan fingerprint density at radius 1 is 1.56 bits per heavy atom. The molecule has 3 heteroatoms. The Bertz CT molecular complexity index is 242. The van der Waals surface area contributed by atoms with Crippen molar-refractivity contribution < 1.29 is 4.79 Å². The lowest BCUT2D eigenvalue weighted by atomic mass is 9.96. The molecule has 1 heterocycles. The minimum absolute atomic E-state index is 0.0885. The number of allylic oxidation sites excluding steroid dienone is 1. The van der Waals surface area contributed by atoms with E-state index in [1.807, 2.05) is 19.9 Å². The maximum atomic E-state index is 11.6. The van der Waals surface area contributed by atoms with E-state index in [0.717, 1.165) is 44.0 Å². The van der Waals surface area contributed by atoms with Gasteiger partial charge in [-0.2, -0.15) is 0 Å². The van der Waals surface area contributed by atoms with Crippen molar-refractivity contribution in [2.45, 2.75) is 39.5 Å². The molecule has 92 valence electrons. The maximum Gasteiger partial charge on any atom is 0.246 e. The van der Waals surface area contributed by atoms with Crippen LogP contribution in [0.25, 0.3) is 0 Å². The molecular formula is C13H24N2O. The minimum atomic E-state index is 0.0885. The van der Waals surface area contributed by atoms with Gasteiger partial charge in [0, 0.05) is 12.1 Å². The Hall–Kier alpha value is -0.830. The second kappa shape index (κ2) is 7.44. The zero-order valence-electron chi connectivity index (χ0n) is 10.5. The largest absolute Gasteiger partial charge is 0.352 e. The van der Waals surface area contributed by atoms with Crippen molar-refractivity contribution in [3.63, 3.8) is 0 Å². The average molecular weight is 224 g/mol. The van der Waals surface area contributed by atoms with Crippen molar-refractivity contribution >= 4 is 5.91 Å². The second-order valence-electron chi connectivity index (χ2n) is 4.55. The lowest BCUT2D eigenvalue weighted by molar-refractivity contribution is -0.117. The lowest BCUT2D eigenvalue weighted by Gasteiger charge is -2.22. The monoisotopic (exact) mass is 224 g/mol. The highest BCUT2D eigenvalue weighted by atomic mass is 16.1. The molecule has 0 radical (unpaired) electrons. The average Bonchev–Trinajstić information content (AvgIpc) is 2.30. The number of amides is 1. The van der Waals surface area contributed by atoms with Crippen molar-refractivity contribution in [2.75, 3.05) is 19.6 Å². The summed E-state index contributed by atoms with van der Waals surface area (Å²) in [6, 6.07) is 0. The molecule has 0 saturated carbocycles. The van der Waals surface area contributed by atoms with Crippen LogP contribution in [-0.4, -0.2) is 25.5 Å². The highest BCUT2D eigenvalue weighted by molar-refractivity contribution is 5.92. The predicted octanol–water partition coefficient (Wildman–Crippen LogP) is 1.85.